The molecule has 2 nitrogen and oxygen atoms in total. The average molecular weight is 406 g/mol. The van der Waals surface area contributed by atoms with Crippen LogP contribution in [-0.4, -0.2) is 4.57 Å². The predicted molar refractivity (Wildman–Crippen MR) is 129 cm³/mol. The van der Waals surface area contributed by atoms with Crippen LogP contribution in [0.15, 0.2) is 12.4 Å². The van der Waals surface area contributed by atoms with E-state index in [1.807, 2.05) is 0 Å². The molecule has 0 fully saturated rings. The molecule has 0 saturated carbocycles. The number of rotatable bonds is 20. The minimum Gasteiger partial charge on any atom is -0.234 e. The molecule has 1 heterocycles. The van der Waals surface area contributed by atoms with Crippen LogP contribution in [0.2, 0.25) is 0 Å². The maximum Gasteiger partial charge on any atom is 0.258 e. The second-order valence-electron chi connectivity index (χ2n) is 9.50. The first-order chi connectivity index (χ1) is 14.2. The highest BCUT2D eigenvalue weighted by atomic mass is 15.1. The normalized spacial score (nSPS) is 11.6. The molecule has 0 aliphatic carbocycles. The molecule has 2 heteroatoms. The molecular weight excluding hydrogens is 352 g/mol. The van der Waals surface area contributed by atoms with E-state index >= 15 is 0 Å². The summed E-state index contributed by atoms with van der Waals surface area (Å²) in [5.41, 5.74) is 0. The fourth-order valence-electron chi connectivity index (χ4n) is 4.53. The smallest absolute Gasteiger partial charge is 0.234 e. The second-order valence-corrected chi connectivity index (χ2v) is 9.50. The third-order valence-electron chi connectivity index (χ3n) is 6.29. The highest BCUT2D eigenvalue weighted by Gasteiger charge is 2.19. The van der Waals surface area contributed by atoms with Crippen LogP contribution in [0.3, 0.4) is 0 Å². The largest absolute Gasteiger partial charge is 0.258 e. The summed E-state index contributed by atoms with van der Waals surface area (Å²) >= 11 is 0. The van der Waals surface area contributed by atoms with Gasteiger partial charge >= 0.3 is 0 Å². The molecule has 170 valence electrons. The molecule has 0 N–H and O–H groups in total. The molecule has 0 unspecified atom stereocenters. The Hall–Kier alpha value is -0.790. The van der Waals surface area contributed by atoms with Crippen LogP contribution in [0.25, 0.3) is 0 Å². The van der Waals surface area contributed by atoms with Crippen LogP contribution in [0, 0.1) is 0 Å². The van der Waals surface area contributed by atoms with Gasteiger partial charge in [0.2, 0.25) is 0 Å². The first-order valence-corrected chi connectivity index (χ1v) is 13.3. The molecule has 0 saturated heterocycles. The molecular formula is C27H53N2+. The summed E-state index contributed by atoms with van der Waals surface area (Å²) in [6.07, 6.45) is 28.6. The third-order valence-corrected chi connectivity index (χ3v) is 6.29. The van der Waals surface area contributed by atoms with Crippen molar-refractivity contribution in [3.05, 3.63) is 18.2 Å². The number of unbranched alkanes of at least 4 members (excludes halogenated alkanes) is 15. The van der Waals surface area contributed by atoms with E-state index in [0.29, 0.717) is 5.92 Å². The van der Waals surface area contributed by atoms with E-state index in [4.69, 9.17) is 0 Å². The van der Waals surface area contributed by atoms with Crippen LogP contribution in [0.5, 0.6) is 0 Å². The summed E-state index contributed by atoms with van der Waals surface area (Å²) in [5, 5.41) is 0. The van der Waals surface area contributed by atoms with Gasteiger partial charge in [-0.15, -0.1) is 0 Å². The van der Waals surface area contributed by atoms with Crippen LogP contribution in [0.1, 0.15) is 149 Å². The summed E-state index contributed by atoms with van der Waals surface area (Å²) in [4.78, 5) is 0. The number of hydrogen-bond acceptors (Lipinski definition) is 0. The Balaban J connectivity index is 2.20. The van der Waals surface area contributed by atoms with E-state index in [9.17, 15) is 0 Å². The molecule has 0 radical (unpaired) electrons. The molecule has 0 spiro atoms. The van der Waals surface area contributed by atoms with E-state index < -0.39 is 0 Å². The zero-order valence-corrected chi connectivity index (χ0v) is 20.6. The van der Waals surface area contributed by atoms with Crippen LogP contribution in [-0.2, 0) is 13.1 Å². The number of imidazole rings is 1. The molecule has 0 aliphatic rings. The molecule has 29 heavy (non-hydrogen) atoms. The average Bonchev–Trinajstić information content (AvgIpc) is 3.11. The van der Waals surface area contributed by atoms with Crippen LogP contribution < -0.4 is 4.57 Å². The number of aromatic nitrogens is 2. The van der Waals surface area contributed by atoms with Gasteiger partial charge in [-0.2, -0.15) is 0 Å². The molecule has 0 bridgehead atoms. The number of hydrogen-bond donors (Lipinski definition) is 0. The fraction of sp³-hybridized carbons (Fsp3) is 0.889. The first-order valence-electron chi connectivity index (χ1n) is 13.3. The molecule has 0 aromatic carbocycles. The maximum atomic E-state index is 2.54. The van der Waals surface area contributed by atoms with Gasteiger partial charge in [-0.05, 0) is 25.7 Å². The van der Waals surface area contributed by atoms with Gasteiger partial charge < -0.3 is 0 Å². The lowest BCUT2D eigenvalue weighted by molar-refractivity contribution is -0.705. The van der Waals surface area contributed by atoms with E-state index in [0.717, 1.165) is 0 Å². The Bertz CT molecular complexity index is 475. The van der Waals surface area contributed by atoms with E-state index in [-0.39, 0.29) is 0 Å². The maximum absolute atomic E-state index is 2.54. The summed E-state index contributed by atoms with van der Waals surface area (Å²) < 4.78 is 5.07. The van der Waals surface area contributed by atoms with Crippen molar-refractivity contribution in [1.29, 1.82) is 0 Å². The van der Waals surface area contributed by atoms with Crippen molar-refractivity contribution in [1.82, 2.24) is 4.57 Å². The second kappa shape index (κ2) is 18.0. The van der Waals surface area contributed by atoms with Gasteiger partial charge in [0.15, 0.2) is 0 Å². The lowest BCUT2D eigenvalue weighted by atomic mass is 10.1. The molecule has 0 atom stereocenters. The van der Waals surface area contributed by atoms with Crippen molar-refractivity contribution >= 4 is 0 Å². The quantitative estimate of drug-likeness (QED) is 0.152. The molecule has 0 amide bonds. The topological polar surface area (TPSA) is 8.81 Å². The fourth-order valence-corrected chi connectivity index (χ4v) is 4.53. The minimum atomic E-state index is 0.609. The highest BCUT2D eigenvalue weighted by molar-refractivity contribution is 4.89. The monoisotopic (exact) mass is 405 g/mol. The standard InChI is InChI=1S/C27H53N2/c1-5-7-9-11-13-14-15-17-19-21-23-29-25-24-28(27(29)26(3)4)22-20-18-16-12-10-8-6-2/h24-26H,5-23H2,1-4H3/q+1. The van der Waals surface area contributed by atoms with Crippen molar-refractivity contribution in [2.45, 2.75) is 156 Å². The summed E-state index contributed by atoms with van der Waals surface area (Å²) in [7, 11) is 0. The summed E-state index contributed by atoms with van der Waals surface area (Å²) in [5.74, 6) is 2.14. The summed E-state index contributed by atoms with van der Waals surface area (Å²) in [6.45, 7) is 11.7. The number of aryl methyl sites for hydroxylation is 2. The van der Waals surface area contributed by atoms with Crippen LogP contribution in [0.4, 0.5) is 0 Å². The molecule has 1 aromatic rings. The van der Waals surface area contributed by atoms with Crippen molar-refractivity contribution in [3.63, 3.8) is 0 Å². The van der Waals surface area contributed by atoms with Gasteiger partial charge in [0.1, 0.15) is 12.4 Å². The van der Waals surface area contributed by atoms with Crippen molar-refractivity contribution in [2.24, 2.45) is 0 Å². The Labute approximate surface area is 183 Å². The van der Waals surface area contributed by atoms with Gasteiger partial charge in [0, 0.05) is 0 Å². The number of nitrogens with zero attached hydrogens (tertiary/aromatic N) is 2. The lowest BCUT2D eigenvalue weighted by Crippen LogP contribution is -2.38. The van der Waals surface area contributed by atoms with E-state index in [1.165, 1.54) is 128 Å². The van der Waals surface area contributed by atoms with E-state index in [2.05, 4.69) is 49.2 Å². The van der Waals surface area contributed by atoms with Gasteiger partial charge in [-0.1, -0.05) is 111 Å². The van der Waals surface area contributed by atoms with Crippen molar-refractivity contribution in [2.75, 3.05) is 0 Å². The lowest BCUT2D eigenvalue weighted by Gasteiger charge is -2.08. The summed E-state index contributed by atoms with van der Waals surface area (Å²) in [6, 6.07) is 0. The van der Waals surface area contributed by atoms with Crippen molar-refractivity contribution in [3.8, 4) is 0 Å². The van der Waals surface area contributed by atoms with Gasteiger partial charge in [0.05, 0.1) is 19.0 Å². The molecule has 1 rings (SSSR count). The van der Waals surface area contributed by atoms with E-state index in [1.54, 1.807) is 0 Å². The Morgan fingerprint density at radius 3 is 1.59 bits per heavy atom. The van der Waals surface area contributed by atoms with Crippen molar-refractivity contribution < 1.29 is 4.57 Å². The first kappa shape index (κ1) is 26.2. The van der Waals surface area contributed by atoms with Gasteiger partial charge in [0.25, 0.3) is 5.82 Å². The minimum absolute atomic E-state index is 0.609. The Morgan fingerprint density at radius 1 is 0.655 bits per heavy atom. The van der Waals surface area contributed by atoms with Gasteiger partial charge in [-0.25, -0.2) is 9.13 Å². The Kier molecular flexibility index (Phi) is 16.3. The molecule has 1 aromatic heterocycles. The molecule has 0 aliphatic heterocycles. The Morgan fingerprint density at radius 2 is 1.10 bits per heavy atom. The third kappa shape index (κ3) is 12.5. The highest BCUT2D eigenvalue weighted by Crippen LogP contribution is 2.15. The zero-order chi connectivity index (χ0) is 21.2. The van der Waals surface area contributed by atoms with Crippen LogP contribution >= 0.6 is 0 Å². The van der Waals surface area contributed by atoms with Gasteiger partial charge in [-0.3, -0.25) is 0 Å². The SMILES string of the molecule is CCCCCCCCCCCC[n+]1ccn(CCCCCCCCC)c1C(C)C. The predicted octanol–water partition coefficient (Wildman–Crippen LogP) is 8.57. The zero-order valence-electron chi connectivity index (χ0n) is 20.6.